The Labute approximate surface area is 122 Å². The second kappa shape index (κ2) is 5.78. The van der Waals surface area contributed by atoms with E-state index in [-0.39, 0.29) is 10.6 Å². The van der Waals surface area contributed by atoms with Crippen molar-refractivity contribution in [3.8, 4) is 5.75 Å². The van der Waals surface area contributed by atoms with E-state index in [0.717, 1.165) is 0 Å². The number of ether oxygens (including phenoxy) is 1. The van der Waals surface area contributed by atoms with Gasteiger partial charge in [0.25, 0.3) is 0 Å². The predicted molar refractivity (Wildman–Crippen MR) is 76.8 cm³/mol. The van der Waals surface area contributed by atoms with Crippen molar-refractivity contribution in [3.63, 3.8) is 0 Å². The molecule has 0 amide bonds. The molecule has 0 radical (unpaired) electrons. The molecular formula is C12H18BrNO4S. The molecule has 0 aliphatic rings. The van der Waals surface area contributed by atoms with E-state index in [4.69, 9.17) is 4.74 Å². The number of hydrogen-bond donors (Lipinski definition) is 2. The van der Waals surface area contributed by atoms with E-state index in [1.165, 1.54) is 20.1 Å². The van der Waals surface area contributed by atoms with Crippen molar-refractivity contribution in [1.82, 2.24) is 4.72 Å². The molecule has 0 aromatic heterocycles. The van der Waals surface area contributed by atoms with E-state index in [0.29, 0.717) is 4.47 Å². The van der Waals surface area contributed by atoms with Crippen LogP contribution < -0.4 is 9.46 Å². The van der Waals surface area contributed by atoms with E-state index in [9.17, 15) is 13.5 Å². The van der Waals surface area contributed by atoms with Gasteiger partial charge in [-0.05, 0) is 39.0 Å². The van der Waals surface area contributed by atoms with Gasteiger partial charge >= 0.3 is 0 Å². The lowest BCUT2D eigenvalue weighted by Crippen LogP contribution is -2.50. The summed E-state index contributed by atoms with van der Waals surface area (Å²) in [6, 6.07) is 4.71. The average molecular weight is 352 g/mol. The molecule has 0 bridgehead atoms. The number of benzene rings is 1. The Bertz CT molecular complexity index is 555. The Balaban J connectivity index is 3.25. The molecule has 1 rings (SSSR count). The molecule has 0 saturated carbocycles. The molecule has 1 atom stereocenters. The smallest absolute Gasteiger partial charge is 0.244 e. The highest BCUT2D eigenvalue weighted by atomic mass is 79.9. The minimum Gasteiger partial charge on any atom is -0.495 e. The van der Waals surface area contributed by atoms with Crippen LogP contribution in [0.5, 0.6) is 5.75 Å². The molecule has 108 valence electrons. The van der Waals surface area contributed by atoms with Crippen LogP contribution in [-0.2, 0) is 10.0 Å². The third kappa shape index (κ3) is 3.92. The zero-order valence-electron chi connectivity index (χ0n) is 11.3. The Morgan fingerprint density at radius 2 is 2.00 bits per heavy atom. The van der Waals surface area contributed by atoms with Crippen molar-refractivity contribution >= 4 is 26.0 Å². The summed E-state index contributed by atoms with van der Waals surface area (Å²) in [4.78, 5) is 0.0260. The molecule has 0 fully saturated rings. The van der Waals surface area contributed by atoms with Gasteiger partial charge in [0, 0.05) is 4.47 Å². The number of sulfonamides is 1. The molecule has 1 unspecified atom stereocenters. The third-order valence-electron chi connectivity index (χ3n) is 2.86. The lowest BCUT2D eigenvalue weighted by Gasteiger charge is -2.29. The zero-order valence-corrected chi connectivity index (χ0v) is 13.7. The third-order valence-corrected chi connectivity index (χ3v) is 5.04. The number of hydrogen-bond acceptors (Lipinski definition) is 4. The summed E-state index contributed by atoms with van der Waals surface area (Å²) in [6.07, 6.45) is -0.833. The van der Waals surface area contributed by atoms with Gasteiger partial charge in [-0.3, -0.25) is 0 Å². The molecule has 0 saturated heterocycles. The van der Waals surface area contributed by atoms with Gasteiger partial charge in [-0.1, -0.05) is 15.9 Å². The van der Waals surface area contributed by atoms with Gasteiger partial charge in [0.05, 0.1) is 18.8 Å². The summed E-state index contributed by atoms with van der Waals surface area (Å²) >= 11 is 3.23. The summed E-state index contributed by atoms with van der Waals surface area (Å²) in [5.74, 6) is 0.247. The minimum absolute atomic E-state index is 0.0260. The number of halogens is 1. The predicted octanol–water partition coefficient (Wildman–Crippen LogP) is 1.90. The summed E-state index contributed by atoms with van der Waals surface area (Å²) < 4.78 is 32.9. The monoisotopic (exact) mass is 351 g/mol. The van der Waals surface area contributed by atoms with Crippen LogP contribution in [0.2, 0.25) is 0 Å². The van der Waals surface area contributed by atoms with Gasteiger partial charge in [0.1, 0.15) is 10.6 Å². The fraction of sp³-hybridized carbons (Fsp3) is 0.500. The van der Waals surface area contributed by atoms with E-state index in [1.54, 1.807) is 26.0 Å². The largest absolute Gasteiger partial charge is 0.495 e. The number of rotatable bonds is 5. The van der Waals surface area contributed by atoms with Gasteiger partial charge in [0.15, 0.2) is 0 Å². The van der Waals surface area contributed by atoms with E-state index in [2.05, 4.69) is 20.7 Å². The average Bonchev–Trinajstić information content (AvgIpc) is 2.27. The van der Waals surface area contributed by atoms with Crippen LogP contribution in [0.15, 0.2) is 27.6 Å². The maximum Gasteiger partial charge on any atom is 0.244 e. The first-order valence-electron chi connectivity index (χ1n) is 5.66. The zero-order chi connectivity index (χ0) is 14.8. The van der Waals surface area contributed by atoms with Crippen LogP contribution in [0.4, 0.5) is 0 Å². The first-order chi connectivity index (χ1) is 8.60. The SMILES string of the molecule is COc1ccc(Br)cc1S(=O)(=O)NC(C)(C)C(C)O. The fourth-order valence-corrected chi connectivity index (χ4v) is 3.53. The van der Waals surface area contributed by atoms with E-state index in [1.807, 2.05) is 0 Å². The quantitative estimate of drug-likeness (QED) is 0.849. The summed E-state index contributed by atoms with van der Waals surface area (Å²) in [5.41, 5.74) is -0.980. The highest BCUT2D eigenvalue weighted by Crippen LogP contribution is 2.28. The Kier molecular flexibility index (Phi) is 5.00. The van der Waals surface area contributed by atoms with E-state index < -0.39 is 21.7 Å². The van der Waals surface area contributed by atoms with Gasteiger partial charge < -0.3 is 9.84 Å². The standard InChI is InChI=1S/C12H18BrNO4S/c1-8(15)12(2,3)14-19(16,17)11-7-9(13)5-6-10(11)18-4/h5-8,14-15H,1-4H3. The maximum absolute atomic E-state index is 12.4. The Morgan fingerprint density at radius 3 is 2.47 bits per heavy atom. The molecule has 1 aromatic carbocycles. The summed E-state index contributed by atoms with van der Waals surface area (Å²) in [5, 5.41) is 9.60. The maximum atomic E-state index is 12.4. The van der Waals surface area contributed by atoms with Crippen LogP contribution >= 0.6 is 15.9 Å². The summed E-state index contributed by atoms with van der Waals surface area (Å²) in [7, 11) is -2.39. The lowest BCUT2D eigenvalue weighted by molar-refractivity contribution is 0.111. The van der Waals surface area contributed by atoms with Gasteiger partial charge in [-0.2, -0.15) is 0 Å². The van der Waals surface area contributed by atoms with E-state index >= 15 is 0 Å². The first-order valence-corrected chi connectivity index (χ1v) is 7.93. The van der Waals surface area contributed by atoms with Crippen molar-refractivity contribution < 1.29 is 18.3 Å². The van der Waals surface area contributed by atoms with Crippen molar-refractivity contribution in [2.45, 2.75) is 37.3 Å². The molecular weight excluding hydrogens is 334 g/mol. The molecule has 0 heterocycles. The van der Waals surface area contributed by atoms with Gasteiger partial charge in [-0.15, -0.1) is 0 Å². The number of aliphatic hydroxyl groups excluding tert-OH is 1. The van der Waals surface area contributed by atoms with Gasteiger partial charge in [-0.25, -0.2) is 13.1 Å². The second-order valence-electron chi connectivity index (χ2n) is 4.80. The lowest BCUT2D eigenvalue weighted by atomic mass is 10.0. The van der Waals surface area contributed by atoms with Gasteiger partial charge in [0.2, 0.25) is 10.0 Å². The summed E-state index contributed by atoms with van der Waals surface area (Å²) in [6.45, 7) is 4.75. The highest BCUT2D eigenvalue weighted by Gasteiger charge is 2.32. The van der Waals surface area contributed by atoms with Crippen LogP contribution in [0.1, 0.15) is 20.8 Å². The topological polar surface area (TPSA) is 75.6 Å². The number of methoxy groups -OCH3 is 1. The molecule has 1 aromatic rings. The molecule has 2 N–H and O–H groups in total. The number of nitrogens with one attached hydrogen (secondary N) is 1. The highest BCUT2D eigenvalue weighted by molar-refractivity contribution is 9.10. The minimum atomic E-state index is -3.79. The first kappa shape index (κ1) is 16.4. The molecule has 0 aliphatic heterocycles. The van der Waals surface area contributed by atoms with Crippen LogP contribution in [0.25, 0.3) is 0 Å². The van der Waals surface area contributed by atoms with Crippen LogP contribution in [-0.4, -0.2) is 32.3 Å². The normalized spacial score (nSPS) is 14.2. The molecule has 0 aliphatic carbocycles. The van der Waals surface area contributed by atoms with Crippen molar-refractivity contribution in [2.24, 2.45) is 0 Å². The van der Waals surface area contributed by atoms with Crippen LogP contribution in [0, 0.1) is 0 Å². The second-order valence-corrected chi connectivity index (χ2v) is 7.36. The molecule has 0 spiro atoms. The van der Waals surface area contributed by atoms with Crippen molar-refractivity contribution in [3.05, 3.63) is 22.7 Å². The molecule has 7 heteroatoms. The fourth-order valence-electron chi connectivity index (χ4n) is 1.35. The molecule has 19 heavy (non-hydrogen) atoms. The number of aliphatic hydroxyl groups is 1. The molecule has 5 nitrogen and oxygen atoms in total. The van der Waals surface area contributed by atoms with Crippen molar-refractivity contribution in [1.29, 1.82) is 0 Å². The van der Waals surface area contributed by atoms with Crippen molar-refractivity contribution in [2.75, 3.05) is 7.11 Å². The van der Waals surface area contributed by atoms with Crippen LogP contribution in [0.3, 0.4) is 0 Å². The Hall–Kier alpha value is -0.630. The Morgan fingerprint density at radius 1 is 1.42 bits per heavy atom.